The van der Waals surface area contributed by atoms with Crippen LogP contribution in [0.1, 0.15) is 33.4 Å². The van der Waals surface area contributed by atoms with Crippen molar-refractivity contribution >= 4 is 23.1 Å². The van der Waals surface area contributed by atoms with Crippen molar-refractivity contribution in [2.75, 3.05) is 5.32 Å². The summed E-state index contributed by atoms with van der Waals surface area (Å²) in [6.45, 7) is 1.75. The highest BCUT2D eigenvalue weighted by Gasteiger charge is 2.31. The van der Waals surface area contributed by atoms with E-state index in [-0.39, 0.29) is 22.7 Å². The molecule has 1 amide bonds. The van der Waals surface area contributed by atoms with Gasteiger partial charge in [-0.1, -0.05) is 11.4 Å². The van der Waals surface area contributed by atoms with Gasteiger partial charge < -0.3 is 11.1 Å². The van der Waals surface area contributed by atoms with Crippen LogP contribution in [-0.2, 0) is 19.1 Å². The summed E-state index contributed by atoms with van der Waals surface area (Å²) in [5, 5.41) is 6.24. The highest BCUT2D eigenvalue weighted by Crippen LogP contribution is 2.32. The number of nitrogens with one attached hydrogen (secondary N) is 1. The number of carbonyl (C=O) groups excluding carboxylic acids is 1. The Bertz CT molecular complexity index is 684. The zero-order valence-corrected chi connectivity index (χ0v) is 12.4. The summed E-state index contributed by atoms with van der Waals surface area (Å²) < 4.78 is 42.2. The molecule has 0 aliphatic rings. The SMILES string of the molecule is CCc1nnsc1C(=O)Nc1cc(CN)cc(C(F)(F)F)c1. The number of nitrogens with two attached hydrogens (primary N) is 1. The van der Waals surface area contributed by atoms with Crippen LogP contribution in [-0.4, -0.2) is 15.5 Å². The van der Waals surface area contributed by atoms with Gasteiger partial charge in [0.05, 0.1) is 11.3 Å². The number of halogens is 3. The van der Waals surface area contributed by atoms with Crippen molar-refractivity contribution in [2.24, 2.45) is 5.73 Å². The number of carbonyl (C=O) groups is 1. The second-order valence-electron chi connectivity index (χ2n) is 4.48. The molecular formula is C13H13F3N4OS. The molecular weight excluding hydrogens is 317 g/mol. The van der Waals surface area contributed by atoms with Crippen molar-refractivity contribution in [2.45, 2.75) is 26.1 Å². The molecule has 0 saturated carbocycles. The van der Waals surface area contributed by atoms with Crippen LogP contribution in [0.2, 0.25) is 0 Å². The highest BCUT2D eigenvalue weighted by molar-refractivity contribution is 7.08. The molecule has 118 valence electrons. The molecule has 0 fully saturated rings. The lowest BCUT2D eigenvalue weighted by atomic mass is 10.1. The van der Waals surface area contributed by atoms with Gasteiger partial charge in [-0.15, -0.1) is 5.10 Å². The van der Waals surface area contributed by atoms with Crippen molar-refractivity contribution in [3.05, 3.63) is 39.9 Å². The van der Waals surface area contributed by atoms with Gasteiger partial charge in [0.1, 0.15) is 4.88 Å². The zero-order chi connectivity index (χ0) is 16.3. The van der Waals surface area contributed by atoms with Crippen LogP contribution in [0.3, 0.4) is 0 Å². The van der Waals surface area contributed by atoms with E-state index >= 15 is 0 Å². The van der Waals surface area contributed by atoms with E-state index in [0.717, 1.165) is 23.7 Å². The lowest BCUT2D eigenvalue weighted by Gasteiger charge is -2.12. The van der Waals surface area contributed by atoms with E-state index in [1.165, 1.54) is 6.07 Å². The number of hydrogen-bond acceptors (Lipinski definition) is 5. The molecule has 9 heteroatoms. The second-order valence-corrected chi connectivity index (χ2v) is 5.23. The Labute approximate surface area is 128 Å². The standard InChI is InChI=1S/C13H13F3N4OS/c1-2-10-11(22-20-19-10)12(21)18-9-4-7(6-17)3-8(5-9)13(14,15)16/h3-5H,2,6,17H2,1H3,(H,18,21). The van der Waals surface area contributed by atoms with Crippen LogP contribution < -0.4 is 11.1 Å². The summed E-state index contributed by atoms with van der Waals surface area (Å²) in [6.07, 6.45) is -4.00. The summed E-state index contributed by atoms with van der Waals surface area (Å²) in [5.74, 6) is -0.533. The van der Waals surface area contributed by atoms with Gasteiger partial charge in [-0.05, 0) is 41.7 Å². The number of rotatable bonds is 4. The average molecular weight is 330 g/mol. The van der Waals surface area contributed by atoms with Gasteiger partial charge in [0, 0.05) is 12.2 Å². The van der Waals surface area contributed by atoms with Crippen molar-refractivity contribution in [3.63, 3.8) is 0 Å². The van der Waals surface area contributed by atoms with Crippen LogP contribution >= 0.6 is 11.5 Å². The summed E-state index contributed by atoms with van der Waals surface area (Å²) in [7, 11) is 0. The van der Waals surface area contributed by atoms with Crippen molar-refractivity contribution in [3.8, 4) is 0 Å². The zero-order valence-electron chi connectivity index (χ0n) is 11.6. The van der Waals surface area contributed by atoms with Crippen molar-refractivity contribution in [1.82, 2.24) is 9.59 Å². The first-order valence-corrected chi connectivity index (χ1v) is 7.16. The Morgan fingerprint density at radius 1 is 1.36 bits per heavy atom. The predicted octanol–water partition coefficient (Wildman–Crippen LogP) is 2.83. The third-order valence-electron chi connectivity index (χ3n) is 2.91. The molecule has 1 heterocycles. The summed E-state index contributed by atoms with van der Waals surface area (Å²) >= 11 is 0.901. The van der Waals surface area contributed by atoms with E-state index in [9.17, 15) is 18.0 Å². The topological polar surface area (TPSA) is 80.9 Å². The second kappa shape index (κ2) is 6.41. The Balaban J connectivity index is 2.31. The Morgan fingerprint density at radius 2 is 2.09 bits per heavy atom. The van der Waals surface area contributed by atoms with Gasteiger partial charge in [0.2, 0.25) is 0 Å². The minimum atomic E-state index is -4.51. The van der Waals surface area contributed by atoms with E-state index in [2.05, 4.69) is 14.9 Å². The molecule has 0 saturated heterocycles. The van der Waals surface area contributed by atoms with E-state index in [1.807, 2.05) is 6.92 Å². The summed E-state index contributed by atoms with van der Waals surface area (Å²) in [4.78, 5) is 12.4. The number of anilines is 1. The fourth-order valence-electron chi connectivity index (χ4n) is 1.85. The number of nitrogens with zero attached hydrogens (tertiary/aromatic N) is 2. The van der Waals surface area contributed by atoms with Crippen LogP contribution in [0.5, 0.6) is 0 Å². The van der Waals surface area contributed by atoms with Gasteiger partial charge in [-0.25, -0.2) is 0 Å². The third kappa shape index (κ3) is 3.60. The van der Waals surface area contributed by atoms with E-state index < -0.39 is 17.6 Å². The Kier molecular flexibility index (Phi) is 4.77. The average Bonchev–Trinajstić information content (AvgIpc) is 2.94. The van der Waals surface area contributed by atoms with Gasteiger partial charge in [0.25, 0.3) is 5.91 Å². The van der Waals surface area contributed by atoms with Crippen LogP contribution in [0.4, 0.5) is 18.9 Å². The number of aryl methyl sites for hydroxylation is 1. The van der Waals surface area contributed by atoms with E-state index in [4.69, 9.17) is 5.73 Å². The molecule has 0 aliphatic heterocycles. The number of benzene rings is 1. The highest BCUT2D eigenvalue weighted by atomic mass is 32.1. The quantitative estimate of drug-likeness (QED) is 0.903. The molecule has 0 atom stereocenters. The molecule has 0 unspecified atom stereocenters. The number of aromatic nitrogens is 2. The molecule has 2 rings (SSSR count). The summed E-state index contributed by atoms with van der Waals surface area (Å²) in [5.41, 5.74) is 5.37. The molecule has 1 aromatic heterocycles. The van der Waals surface area contributed by atoms with Crippen LogP contribution in [0.25, 0.3) is 0 Å². The van der Waals surface area contributed by atoms with Crippen LogP contribution in [0, 0.1) is 0 Å². The molecule has 5 nitrogen and oxygen atoms in total. The molecule has 0 bridgehead atoms. The minimum Gasteiger partial charge on any atom is -0.326 e. The van der Waals surface area contributed by atoms with Gasteiger partial charge in [0.15, 0.2) is 0 Å². The lowest BCUT2D eigenvalue weighted by Crippen LogP contribution is -2.14. The number of alkyl halides is 3. The van der Waals surface area contributed by atoms with Crippen LogP contribution in [0.15, 0.2) is 18.2 Å². The van der Waals surface area contributed by atoms with Crippen molar-refractivity contribution < 1.29 is 18.0 Å². The van der Waals surface area contributed by atoms with Gasteiger partial charge in [-0.3, -0.25) is 4.79 Å². The third-order valence-corrected chi connectivity index (χ3v) is 3.68. The molecule has 1 aromatic carbocycles. The largest absolute Gasteiger partial charge is 0.416 e. The fraction of sp³-hybridized carbons (Fsp3) is 0.308. The van der Waals surface area contributed by atoms with Crippen molar-refractivity contribution in [1.29, 1.82) is 0 Å². The molecule has 0 spiro atoms. The normalized spacial score (nSPS) is 11.5. The monoisotopic (exact) mass is 330 g/mol. The first-order chi connectivity index (χ1) is 10.3. The van der Waals surface area contributed by atoms with E-state index in [1.54, 1.807) is 0 Å². The predicted molar refractivity (Wildman–Crippen MR) is 76.6 cm³/mol. The smallest absolute Gasteiger partial charge is 0.326 e. The fourth-order valence-corrected chi connectivity index (χ4v) is 2.49. The first kappa shape index (κ1) is 16.4. The molecule has 0 radical (unpaired) electrons. The van der Waals surface area contributed by atoms with E-state index in [0.29, 0.717) is 12.1 Å². The number of hydrogen-bond donors (Lipinski definition) is 2. The maximum atomic E-state index is 12.8. The maximum absolute atomic E-state index is 12.8. The van der Waals surface area contributed by atoms with Gasteiger partial charge >= 0.3 is 6.18 Å². The molecule has 22 heavy (non-hydrogen) atoms. The Hall–Kier alpha value is -2.00. The summed E-state index contributed by atoms with van der Waals surface area (Å²) in [6, 6.07) is 3.24. The first-order valence-electron chi connectivity index (χ1n) is 6.39. The number of amides is 1. The molecule has 0 aliphatic carbocycles. The maximum Gasteiger partial charge on any atom is 0.416 e. The molecule has 2 aromatic rings. The lowest BCUT2D eigenvalue weighted by molar-refractivity contribution is -0.137. The molecule has 3 N–H and O–H groups in total. The Morgan fingerprint density at radius 3 is 2.68 bits per heavy atom. The van der Waals surface area contributed by atoms with Gasteiger partial charge in [-0.2, -0.15) is 13.2 Å². The minimum absolute atomic E-state index is 0.0377.